The number of aliphatic imine (C=N–C) groups is 1. The largest absolute Gasteiger partial charge is 0.381 e. The van der Waals surface area contributed by atoms with Crippen LogP contribution in [0.5, 0.6) is 0 Å². The van der Waals surface area contributed by atoms with Gasteiger partial charge in [0.25, 0.3) is 0 Å². The van der Waals surface area contributed by atoms with Crippen molar-refractivity contribution in [3.63, 3.8) is 0 Å². The lowest BCUT2D eigenvalue weighted by atomic mass is 9.54. The molecular weight excluding hydrogens is 417 g/mol. The number of ether oxygens (including phenoxy) is 2. The minimum Gasteiger partial charge on any atom is -0.381 e. The van der Waals surface area contributed by atoms with Crippen molar-refractivity contribution in [3.05, 3.63) is 0 Å². The first-order chi connectivity index (χ1) is 11.3. The highest BCUT2D eigenvalue weighted by molar-refractivity contribution is 14.0. The first-order valence-electron chi connectivity index (χ1n) is 9.58. The maximum Gasteiger partial charge on any atom is 0.191 e. The minimum atomic E-state index is 0. The topological polar surface area (TPSA) is 54.9 Å². The molecule has 2 N–H and O–H groups in total. The molecule has 0 aromatic heterocycles. The van der Waals surface area contributed by atoms with Gasteiger partial charge in [0.05, 0.1) is 12.7 Å². The van der Waals surface area contributed by atoms with Crippen LogP contribution >= 0.6 is 24.0 Å². The number of halogens is 1. The van der Waals surface area contributed by atoms with Gasteiger partial charge < -0.3 is 20.1 Å². The Labute approximate surface area is 162 Å². The smallest absolute Gasteiger partial charge is 0.191 e. The van der Waals surface area contributed by atoms with E-state index in [4.69, 9.17) is 14.5 Å². The van der Waals surface area contributed by atoms with Gasteiger partial charge in [-0.15, -0.1) is 24.0 Å². The van der Waals surface area contributed by atoms with Crippen LogP contribution in [-0.2, 0) is 9.47 Å². The van der Waals surface area contributed by atoms with E-state index in [2.05, 4.69) is 17.6 Å². The van der Waals surface area contributed by atoms with E-state index in [1.165, 1.54) is 32.1 Å². The molecule has 4 fully saturated rings. The fourth-order valence-corrected chi connectivity index (χ4v) is 5.32. The molecule has 0 bridgehead atoms. The van der Waals surface area contributed by atoms with Gasteiger partial charge >= 0.3 is 0 Å². The molecule has 2 aliphatic heterocycles. The number of hydrogen-bond donors (Lipinski definition) is 2. The number of rotatable bonds is 4. The van der Waals surface area contributed by atoms with E-state index in [-0.39, 0.29) is 24.0 Å². The van der Waals surface area contributed by atoms with Crippen LogP contribution in [0, 0.1) is 17.3 Å². The predicted octanol–water partition coefficient (Wildman–Crippen LogP) is 2.54. The van der Waals surface area contributed by atoms with Crippen LogP contribution < -0.4 is 10.6 Å². The second-order valence-electron chi connectivity index (χ2n) is 7.76. The maximum atomic E-state index is 6.09. The van der Waals surface area contributed by atoms with Crippen LogP contribution in [0.15, 0.2) is 4.99 Å². The lowest BCUT2D eigenvalue weighted by Crippen LogP contribution is -2.69. The summed E-state index contributed by atoms with van der Waals surface area (Å²) in [6.07, 6.45) is 8.22. The molecule has 2 heterocycles. The molecular formula is C18H32IN3O2. The molecule has 1 spiro atoms. The zero-order valence-corrected chi connectivity index (χ0v) is 17.1. The summed E-state index contributed by atoms with van der Waals surface area (Å²) in [5, 5.41) is 7.25. The highest BCUT2D eigenvalue weighted by Crippen LogP contribution is 2.60. The van der Waals surface area contributed by atoms with Gasteiger partial charge in [0, 0.05) is 49.6 Å². The van der Waals surface area contributed by atoms with Crippen LogP contribution in [0.3, 0.4) is 0 Å². The third-order valence-corrected chi connectivity index (χ3v) is 6.45. The third kappa shape index (κ3) is 3.30. The summed E-state index contributed by atoms with van der Waals surface area (Å²) in [5.74, 6) is 2.28. The highest BCUT2D eigenvalue weighted by Gasteiger charge is 2.65. The SMILES string of the molecule is CCNC(=NCC1CCOC1)NC1C2CCOC2C12CCCC2.I. The van der Waals surface area contributed by atoms with E-state index in [0.717, 1.165) is 45.3 Å². The Balaban J connectivity index is 0.00000169. The van der Waals surface area contributed by atoms with Crippen molar-refractivity contribution in [2.45, 2.75) is 57.6 Å². The van der Waals surface area contributed by atoms with Crippen molar-refractivity contribution in [3.8, 4) is 0 Å². The van der Waals surface area contributed by atoms with Crippen LogP contribution in [0.4, 0.5) is 0 Å². The van der Waals surface area contributed by atoms with Crippen molar-refractivity contribution >= 4 is 29.9 Å². The third-order valence-electron chi connectivity index (χ3n) is 6.45. The highest BCUT2D eigenvalue weighted by atomic mass is 127. The lowest BCUT2D eigenvalue weighted by molar-refractivity contribution is -0.125. The fourth-order valence-electron chi connectivity index (χ4n) is 5.32. The number of nitrogens with zero attached hydrogens (tertiary/aromatic N) is 1. The van der Waals surface area contributed by atoms with Gasteiger partial charge in [0.2, 0.25) is 0 Å². The normalized spacial score (nSPS) is 37.0. The van der Waals surface area contributed by atoms with Crippen molar-refractivity contribution in [1.82, 2.24) is 10.6 Å². The van der Waals surface area contributed by atoms with Crippen LogP contribution in [-0.4, -0.2) is 51.0 Å². The Morgan fingerprint density at radius 2 is 2.04 bits per heavy atom. The zero-order valence-electron chi connectivity index (χ0n) is 14.8. The van der Waals surface area contributed by atoms with Gasteiger partial charge in [-0.05, 0) is 32.6 Å². The average Bonchev–Trinajstić information content (AvgIpc) is 3.30. The number of nitrogens with one attached hydrogen (secondary N) is 2. The van der Waals surface area contributed by atoms with Crippen molar-refractivity contribution in [2.24, 2.45) is 22.2 Å². The van der Waals surface area contributed by atoms with Crippen molar-refractivity contribution < 1.29 is 9.47 Å². The second-order valence-corrected chi connectivity index (χ2v) is 7.76. The van der Waals surface area contributed by atoms with Crippen LogP contribution in [0.1, 0.15) is 45.4 Å². The first kappa shape index (κ1) is 18.7. The molecule has 4 aliphatic rings. The molecule has 0 amide bonds. The molecule has 4 unspecified atom stereocenters. The standard InChI is InChI=1S/C18H31N3O2.HI/c1-2-19-17(20-11-13-5-9-22-12-13)21-15-14-6-10-23-16(14)18(15)7-3-4-8-18;/h13-16H,2-12H2,1H3,(H2,19,20,21);1H. The van der Waals surface area contributed by atoms with E-state index in [0.29, 0.717) is 29.4 Å². The van der Waals surface area contributed by atoms with Gasteiger partial charge in [0.1, 0.15) is 0 Å². The second kappa shape index (κ2) is 8.08. The Kier molecular flexibility index (Phi) is 6.30. The molecule has 2 aliphatic carbocycles. The summed E-state index contributed by atoms with van der Waals surface area (Å²) >= 11 is 0. The number of fused-ring (bicyclic) bond motifs is 2. The Morgan fingerprint density at radius 3 is 2.75 bits per heavy atom. The van der Waals surface area contributed by atoms with Crippen LogP contribution in [0.25, 0.3) is 0 Å². The number of hydrogen-bond acceptors (Lipinski definition) is 3. The van der Waals surface area contributed by atoms with E-state index < -0.39 is 0 Å². The first-order valence-corrected chi connectivity index (χ1v) is 9.58. The Bertz CT molecular complexity index is 448. The van der Waals surface area contributed by atoms with Gasteiger partial charge in [-0.3, -0.25) is 4.99 Å². The van der Waals surface area contributed by atoms with Crippen molar-refractivity contribution in [1.29, 1.82) is 0 Å². The molecule has 138 valence electrons. The van der Waals surface area contributed by atoms with Crippen LogP contribution in [0.2, 0.25) is 0 Å². The molecule has 4 atom stereocenters. The molecule has 2 saturated carbocycles. The Hall–Kier alpha value is -0.0800. The van der Waals surface area contributed by atoms with Gasteiger partial charge in [-0.2, -0.15) is 0 Å². The zero-order chi connectivity index (χ0) is 15.7. The molecule has 0 aromatic rings. The summed E-state index contributed by atoms with van der Waals surface area (Å²) < 4.78 is 11.6. The van der Waals surface area contributed by atoms with E-state index in [1.54, 1.807) is 0 Å². The monoisotopic (exact) mass is 449 g/mol. The predicted molar refractivity (Wildman–Crippen MR) is 106 cm³/mol. The fraction of sp³-hybridized carbons (Fsp3) is 0.944. The average molecular weight is 449 g/mol. The van der Waals surface area contributed by atoms with Crippen molar-refractivity contribution in [2.75, 3.05) is 32.9 Å². The molecule has 0 aromatic carbocycles. The quantitative estimate of drug-likeness (QED) is 0.394. The molecule has 5 nitrogen and oxygen atoms in total. The molecule has 24 heavy (non-hydrogen) atoms. The van der Waals surface area contributed by atoms with Gasteiger partial charge in [0.15, 0.2) is 5.96 Å². The van der Waals surface area contributed by atoms with E-state index in [1.807, 2.05) is 0 Å². The minimum absolute atomic E-state index is 0. The molecule has 6 heteroatoms. The molecule has 4 rings (SSSR count). The van der Waals surface area contributed by atoms with Gasteiger partial charge in [-0.1, -0.05) is 12.8 Å². The van der Waals surface area contributed by atoms with E-state index >= 15 is 0 Å². The lowest BCUT2D eigenvalue weighted by Gasteiger charge is -2.57. The number of guanidine groups is 1. The summed E-state index contributed by atoms with van der Waals surface area (Å²) in [6.45, 7) is 6.65. The molecule has 0 radical (unpaired) electrons. The Morgan fingerprint density at radius 1 is 1.21 bits per heavy atom. The molecule has 2 saturated heterocycles. The van der Waals surface area contributed by atoms with Gasteiger partial charge in [-0.25, -0.2) is 0 Å². The van der Waals surface area contributed by atoms with E-state index in [9.17, 15) is 0 Å². The summed E-state index contributed by atoms with van der Waals surface area (Å²) in [4.78, 5) is 4.86. The summed E-state index contributed by atoms with van der Waals surface area (Å²) in [5.41, 5.74) is 0.383. The summed E-state index contributed by atoms with van der Waals surface area (Å²) in [6, 6.07) is 0.551. The summed E-state index contributed by atoms with van der Waals surface area (Å²) in [7, 11) is 0. The maximum absolute atomic E-state index is 6.09.